The molecule has 31 heavy (non-hydrogen) atoms. The van der Waals surface area contributed by atoms with E-state index in [4.69, 9.17) is 9.47 Å². The highest BCUT2D eigenvalue weighted by atomic mass is 16.6. The molecule has 0 amide bonds. The average molecular weight is 435 g/mol. The fraction of sp³-hybridized carbons (Fsp3) is 0.769. The third kappa shape index (κ3) is 15.8. The predicted molar refractivity (Wildman–Crippen MR) is 130 cm³/mol. The first-order chi connectivity index (χ1) is 15.3. The van der Waals surface area contributed by atoms with Crippen molar-refractivity contribution in [2.45, 2.75) is 104 Å². The Labute approximate surface area is 190 Å². The molecule has 5 heteroatoms. The van der Waals surface area contributed by atoms with Crippen molar-refractivity contribution >= 4 is 11.8 Å². The molecule has 1 heterocycles. The first kappa shape index (κ1) is 27.4. The van der Waals surface area contributed by atoms with Gasteiger partial charge in [0.05, 0.1) is 12.2 Å². The molecule has 0 bridgehead atoms. The van der Waals surface area contributed by atoms with Crippen LogP contribution in [0.2, 0.25) is 0 Å². The maximum absolute atomic E-state index is 11.9. The predicted octanol–water partition coefficient (Wildman–Crippen LogP) is 7.17. The highest BCUT2D eigenvalue weighted by molar-refractivity contribution is 5.89. The van der Waals surface area contributed by atoms with Gasteiger partial charge < -0.3 is 14.8 Å². The molecule has 0 spiro atoms. The lowest BCUT2D eigenvalue weighted by Crippen LogP contribution is -2.11. The molecule has 0 aliphatic rings. The Kier molecular flexibility index (Phi) is 17.9. The van der Waals surface area contributed by atoms with Crippen molar-refractivity contribution in [3.8, 4) is 0 Å². The Hall–Kier alpha value is -1.62. The van der Waals surface area contributed by atoms with Crippen LogP contribution in [0.1, 0.15) is 114 Å². The number of rotatable bonds is 21. The summed E-state index contributed by atoms with van der Waals surface area (Å²) in [4.78, 5) is 16.2. The van der Waals surface area contributed by atoms with Gasteiger partial charge in [0, 0.05) is 19.3 Å². The second kappa shape index (κ2) is 20.3. The van der Waals surface area contributed by atoms with Gasteiger partial charge in [-0.1, -0.05) is 90.4 Å². The lowest BCUT2D eigenvalue weighted by Gasteiger charge is -2.07. The van der Waals surface area contributed by atoms with Gasteiger partial charge in [0.15, 0.2) is 0 Å². The quantitative estimate of drug-likeness (QED) is 0.164. The van der Waals surface area contributed by atoms with E-state index in [1.807, 2.05) is 13.0 Å². The smallest absolute Gasteiger partial charge is 0.339 e. The number of carbonyl (C=O) groups excluding carboxylic acids is 1. The van der Waals surface area contributed by atoms with Crippen molar-refractivity contribution in [1.82, 2.24) is 4.98 Å². The molecule has 0 atom stereocenters. The number of aromatic nitrogens is 1. The molecule has 0 saturated heterocycles. The zero-order chi connectivity index (χ0) is 22.4. The maximum Gasteiger partial charge on any atom is 0.339 e. The number of esters is 1. The summed E-state index contributed by atoms with van der Waals surface area (Å²) in [7, 11) is 0. The SMILES string of the molecule is CCCCCCCCCCCCCCCCNc1ccc(C(=O)OCCOCC)cn1. The lowest BCUT2D eigenvalue weighted by atomic mass is 10.0. The minimum atomic E-state index is -0.356. The van der Waals surface area contributed by atoms with Gasteiger partial charge in [0.1, 0.15) is 12.4 Å². The van der Waals surface area contributed by atoms with E-state index in [1.54, 1.807) is 12.3 Å². The van der Waals surface area contributed by atoms with Crippen molar-refractivity contribution in [1.29, 1.82) is 0 Å². The number of carbonyl (C=O) groups is 1. The van der Waals surface area contributed by atoms with Crippen LogP contribution in [-0.2, 0) is 9.47 Å². The van der Waals surface area contributed by atoms with E-state index in [9.17, 15) is 4.79 Å². The summed E-state index contributed by atoms with van der Waals surface area (Å²) < 4.78 is 10.3. The maximum atomic E-state index is 11.9. The molecule has 0 aromatic carbocycles. The highest BCUT2D eigenvalue weighted by Gasteiger charge is 2.07. The van der Waals surface area contributed by atoms with Gasteiger partial charge in [-0.05, 0) is 25.5 Å². The van der Waals surface area contributed by atoms with Crippen LogP contribution in [0.5, 0.6) is 0 Å². The molecule has 1 aromatic heterocycles. The Morgan fingerprint density at radius 3 is 1.90 bits per heavy atom. The van der Waals surface area contributed by atoms with Crippen LogP contribution < -0.4 is 5.32 Å². The van der Waals surface area contributed by atoms with E-state index in [0.717, 1.165) is 18.8 Å². The van der Waals surface area contributed by atoms with Crippen LogP contribution in [0.3, 0.4) is 0 Å². The van der Waals surface area contributed by atoms with Crippen molar-refractivity contribution in [2.75, 3.05) is 31.7 Å². The first-order valence-corrected chi connectivity index (χ1v) is 12.7. The molecule has 1 rings (SSSR count). The van der Waals surface area contributed by atoms with Gasteiger partial charge in [0.25, 0.3) is 0 Å². The van der Waals surface area contributed by atoms with Gasteiger partial charge in [-0.2, -0.15) is 0 Å². The molecule has 5 nitrogen and oxygen atoms in total. The van der Waals surface area contributed by atoms with Crippen molar-refractivity contribution in [3.05, 3.63) is 23.9 Å². The second-order valence-electron chi connectivity index (χ2n) is 8.29. The first-order valence-electron chi connectivity index (χ1n) is 12.7. The van der Waals surface area contributed by atoms with Crippen LogP contribution >= 0.6 is 0 Å². The van der Waals surface area contributed by atoms with Crippen molar-refractivity contribution in [2.24, 2.45) is 0 Å². The van der Waals surface area contributed by atoms with E-state index >= 15 is 0 Å². The summed E-state index contributed by atoms with van der Waals surface area (Å²) in [5, 5.41) is 3.33. The number of pyridine rings is 1. The lowest BCUT2D eigenvalue weighted by molar-refractivity contribution is 0.0335. The number of ether oxygens (including phenoxy) is 2. The van der Waals surface area contributed by atoms with E-state index < -0.39 is 0 Å². The van der Waals surface area contributed by atoms with E-state index in [1.165, 1.54) is 83.5 Å². The number of hydrogen-bond donors (Lipinski definition) is 1. The van der Waals surface area contributed by atoms with Crippen LogP contribution in [0, 0.1) is 0 Å². The topological polar surface area (TPSA) is 60.5 Å². The Balaban J connectivity index is 1.92. The zero-order valence-electron chi connectivity index (χ0n) is 20.1. The van der Waals surface area contributed by atoms with Gasteiger partial charge >= 0.3 is 5.97 Å². The fourth-order valence-electron chi connectivity index (χ4n) is 3.58. The number of nitrogens with one attached hydrogen (secondary N) is 1. The molecular weight excluding hydrogens is 388 g/mol. The molecule has 0 saturated carbocycles. The number of anilines is 1. The largest absolute Gasteiger partial charge is 0.460 e. The third-order valence-electron chi connectivity index (χ3n) is 5.50. The summed E-state index contributed by atoms with van der Waals surface area (Å²) in [6.07, 6.45) is 20.7. The summed E-state index contributed by atoms with van der Waals surface area (Å²) in [6.45, 7) is 6.43. The molecule has 0 aliphatic heterocycles. The minimum absolute atomic E-state index is 0.270. The average Bonchev–Trinajstić information content (AvgIpc) is 2.79. The molecule has 0 unspecified atom stereocenters. The van der Waals surface area contributed by atoms with Crippen molar-refractivity contribution < 1.29 is 14.3 Å². The third-order valence-corrected chi connectivity index (χ3v) is 5.50. The van der Waals surface area contributed by atoms with E-state index in [0.29, 0.717) is 18.8 Å². The molecule has 0 aliphatic carbocycles. The molecular formula is C26H46N2O3. The Morgan fingerprint density at radius 2 is 1.39 bits per heavy atom. The second-order valence-corrected chi connectivity index (χ2v) is 8.29. The van der Waals surface area contributed by atoms with Crippen LogP contribution in [0.25, 0.3) is 0 Å². The van der Waals surface area contributed by atoms with Gasteiger partial charge in [-0.25, -0.2) is 9.78 Å². The normalized spacial score (nSPS) is 10.9. The molecule has 1 N–H and O–H groups in total. The Bertz CT molecular complexity index is 534. The molecule has 1 aromatic rings. The summed E-state index contributed by atoms with van der Waals surface area (Å²) in [6, 6.07) is 3.59. The monoisotopic (exact) mass is 434 g/mol. The summed E-state index contributed by atoms with van der Waals surface area (Å²) in [5.74, 6) is 0.450. The minimum Gasteiger partial charge on any atom is -0.460 e. The zero-order valence-corrected chi connectivity index (χ0v) is 20.1. The fourth-order valence-corrected chi connectivity index (χ4v) is 3.58. The number of unbranched alkanes of at least 4 members (excludes halogenated alkanes) is 13. The summed E-state index contributed by atoms with van der Waals surface area (Å²) >= 11 is 0. The van der Waals surface area contributed by atoms with Gasteiger partial charge in [0.2, 0.25) is 0 Å². The molecule has 0 radical (unpaired) electrons. The van der Waals surface area contributed by atoms with Crippen LogP contribution in [0.4, 0.5) is 5.82 Å². The van der Waals surface area contributed by atoms with Gasteiger partial charge in [-0.15, -0.1) is 0 Å². The van der Waals surface area contributed by atoms with Crippen molar-refractivity contribution in [3.63, 3.8) is 0 Å². The van der Waals surface area contributed by atoms with Crippen LogP contribution in [0.15, 0.2) is 18.3 Å². The number of hydrogen-bond acceptors (Lipinski definition) is 5. The molecule has 178 valence electrons. The van der Waals surface area contributed by atoms with Crippen LogP contribution in [-0.4, -0.2) is 37.3 Å². The van der Waals surface area contributed by atoms with E-state index in [-0.39, 0.29) is 12.6 Å². The standard InChI is InChI=1S/C26H46N2O3/c1-3-5-6-7-8-9-10-11-12-13-14-15-16-17-20-27-25-19-18-24(23-28-25)26(29)31-22-21-30-4-2/h18-19,23H,3-17,20-22H2,1-2H3,(H,27,28). The summed E-state index contributed by atoms with van der Waals surface area (Å²) in [5.41, 5.74) is 0.471. The Morgan fingerprint density at radius 1 is 0.806 bits per heavy atom. The number of nitrogens with zero attached hydrogens (tertiary/aromatic N) is 1. The van der Waals surface area contributed by atoms with E-state index in [2.05, 4.69) is 17.2 Å². The highest BCUT2D eigenvalue weighted by Crippen LogP contribution is 2.13. The van der Waals surface area contributed by atoms with Gasteiger partial charge in [-0.3, -0.25) is 0 Å². The molecule has 0 fully saturated rings.